The van der Waals surface area contributed by atoms with Gasteiger partial charge in [-0.2, -0.15) is 0 Å². The lowest BCUT2D eigenvalue weighted by Crippen LogP contribution is -2.39. The highest BCUT2D eigenvalue weighted by molar-refractivity contribution is 6.30. The van der Waals surface area contributed by atoms with Gasteiger partial charge < -0.3 is 15.0 Å². The Bertz CT molecular complexity index is 1010. The highest BCUT2D eigenvalue weighted by atomic mass is 35.5. The van der Waals surface area contributed by atoms with Gasteiger partial charge in [0.25, 0.3) is 5.91 Å². The molecule has 2 amide bonds. The van der Waals surface area contributed by atoms with Crippen LogP contribution in [0.5, 0.6) is 0 Å². The maximum atomic E-state index is 13.1. The summed E-state index contributed by atoms with van der Waals surface area (Å²) in [6.07, 6.45) is 2.87. The van der Waals surface area contributed by atoms with Gasteiger partial charge in [0.15, 0.2) is 0 Å². The van der Waals surface area contributed by atoms with Gasteiger partial charge in [0, 0.05) is 30.7 Å². The van der Waals surface area contributed by atoms with Gasteiger partial charge in [-0.3, -0.25) is 9.69 Å². The number of likely N-dealkylation sites (tertiary alicyclic amines) is 1. The van der Waals surface area contributed by atoms with Crippen molar-refractivity contribution in [1.82, 2.24) is 14.8 Å². The van der Waals surface area contributed by atoms with E-state index in [1.807, 2.05) is 30.3 Å². The van der Waals surface area contributed by atoms with Gasteiger partial charge in [-0.15, -0.1) is 0 Å². The van der Waals surface area contributed by atoms with Crippen molar-refractivity contribution >= 4 is 29.4 Å². The van der Waals surface area contributed by atoms with E-state index in [1.165, 1.54) is 0 Å². The Hall–Kier alpha value is -2.80. The number of rotatable bonds is 3. The number of pyridine rings is 1. The summed E-state index contributed by atoms with van der Waals surface area (Å²) in [4.78, 5) is 32.9. The zero-order chi connectivity index (χ0) is 20.9. The maximum absolute atomic E-state index is 13.1. The molecule has 8 heteroatoms. The number of nitrogens with one attached hydrogen (secondary N) is 1. The SMILES string of the molecule is C[C@]1(c2ccc(Cl)cc2)Cc2cc(C(=O)N3CC[C@H](N4CCOC4=O)C3)cnc2N1. The molecule has 1 aromatic carbocycles. The first kappa shape index (κ1) is 19.2. The van der Waals surface area contributed by atoms with Crippen LogP contribution < -0.4 is 5.32 Å². The number of fused-ring (bicyclic) bond motifs is 1. The maximum Gasteiger partial charge on any atom is 0.410 e. The Labute approximate surface area is 180 Å². The first-order valence-electron chi connectivity index (χ1n) is 10.2. The highest BCUT2D eigenvalue weighted by Crippen LogP contribution is 2.38. The predicted octanol–water partition coefficient (Wildman–Crippen LogP) is 3.29. The third-order valence-corrected chi connectivity index (χ3v) is 6.57. The third kappa shape index (κ3) is 3.27. The molecular weight excluding hydrogens is 404 g/mol. The van der Waals surface area contributed by atoms with Gasteiger partial charge in [0.05, 0.1) is 23.7 Å². The molecule has 0 unspecified atom stereocenters. The lowest BCUT2D eigenvalue weighted by molar-refractivity contribution is 0.0779. The number of hydrogen-bond acceptors (Lipinski definition) is 5. The second-order valence-corrected chi connectivity index (χ2v) is 8.81. The van der Waals surface area contributed by atoms with E-state index in [2.05, 4.69) is 17.2 Å². The Morgan fingerprint density at radius 2 is 2.10 bits per heavy atom. The van der Waals surface area contributed by atoms with Crippen LogP contribution in [0.1, 0.15) is 34.8 Å². The summed E-state index contributed by atoms with van der Waals surface area (Å²) in [5.74, 6) is 0.767. The zero-order valence-electron chi connectivity index (χ0n) is 16.7. The summed E-state index contributed by atoms with van der Waals surface area (Å²) in [6, 6.07) is 9.77. The Kier molecular flexibility index (Phi) is 4.58. The number of carbonyl (C=O) groups is 2. The fourth-order valence-electron chi connectivity index (χ4n) is 4.65. The molecule has 3 aliphatic rings. The number of amides is 2. The van der Waals surface area contributed by atoms with Crippen LogP contribution in [-0.4, -0.2) is 59.1 Å². The van der Waals surface area contributed by atoms with E-state index in [4.69, 9.17) is 16.3 Å². The molecule has 1 aromatic heterocycles. The molecule has 4 heterocycles. The molecule has 3 aliphatic heterocycles. The predicted molar refractivity (Wildman–Crippen MR) is 113 cm³/mol. The minimum Gasteiger partial charge on any atom is -0.448 e. The van der Waals surface area contributed by atoms with Gasteiger partial charge in [-0.05, 0) is 42.7 Å². The average molecular weight is 427 g/mol. The molecule has 0 aliphatic carbocycles. The number of aromatic nitrogens is 1. The van der Waals surface area contributed by atoms with E-state index >= 15 is 0 Å². The Balaban J connectivity index is 1.31. The summed E-state index contributed by atoms with van der Waals surface area (Å²) in [5.41, 5.74) is 2.44. The van der Waals surface area contributed by atoms with Gasteiger partial charge in [-0.25, -0.2) is 9.78 Å². The molecule has 0 spiro atoms. The second-order valence-electron chi connectivity index (χ2n) is 8.37. The van der Waals surface area contributed by atoms with Crippen LogP contribution in [0.15, 0.2) is 36.5 Å². The fraction of sp³-hybridized carbons (Fsp3) is 0.409. The number of anilines is 1. The normalized spacial score (nSPS) is 25.3. The largest absolute Gasteiger partial charge is 0.448 e. The van der Waals surface area contributed by atoms with E-state index in [0.717, 1.165) is 29.8 Å². The van der Waals surface area contributed by atoms with Gasteiger partial charge in [0.2, 0.25) is 0 Å². The van der Waals surface area contributed by atoms with Crippen molar-refractivity contribution in [3.63, 3.8) is 0 Å². The summed E-state index contributed by atoms with van der Waals surface area (Å²) in [6.45, 7) is 4.31. The zero-order valence-corrected chi connectivity index (χ0v) is 17.5. The average Bonchev–Trinajstić information content (AvgIpc) is 3.45. The summed E-state index contributed by atoms with van der Waals surface area (Å²) in [7, 11) is 0. The molecule has 156 valence electrons. The molecule has 7 nitrogen and oxygen atoms in total. The highest BCUT2D eigenvalue weighted by Gasteiger charge is 2.38. The Morgan fingerprint density at radius 1 is 1.30 bits per heavy atom. The van der Waals surface area contributed by atoms with Crippen molar-refractivity contribution < 1.29 is 14.3 Å². The first-order valence-corrected chi connectivity index (χ1v) is 10.6. The van der Waals surface area contributed by atoms with E-state index < -0.39 is 0 Å². The van der Waals surface area contributed by atoms with Crippen molar-refractivity contribution in [2.45, 2.75) is 31.3 Å². The van der Waals surface area contributed by atoms with E-state index in [-0.39, 0.29) is 23.6 Å². The van der Waals surface area contributed by atoms with Crippen molar-refractivity contribution in [3.05, 3.63) is 58.2 Å². The topological polar surface area (TPSA) is 74.8 Å². The lowest BCUT2D eigenvalue weighted by atomic mass is 9.89. The number of benzene rings is 1. The van der Waals surface area contributed by atoms with Crippen molar-refractivity contribution in [1.29, 1.82) is 0 Å². The number of cyclic esters (lactones) is 1. The molecule has 0 radical (unpaired) electrons. The van der Waals surface area contributed by atoms with E-state index in [1.54, 1.807) is 16.0 Å². The first-order chi connectivity index (χ1) is 14.4. The molecule has 5 rings (SSSR count). The van der Waals surface area contributed by atoms with Gasteiger partial charge in [0.1, 0.15) is 12.4 Å². The van der Waals surface area contributed by atoms with Crippen LogP contribution >= 0.6 is 11.6 Å². The van der Waals surface area contributed by atoms with Crippen molar-refractivity contribution in [3.8, 4) is 0 Å². The van der Waals surface area contributed by atoms with Crippen molar-refractivity contribution in [2.75, 3.05) is 31.6 Å². The van der Waals surface area contributed by atoms with Gasteiger partial charge in [-0.1, -0.05) is 23.7 Å². The molecule has 2 saturated heterocycles. The van der Waals surface area contributed by atoms with Crippen LogP contribution in [0.25, 0.3) is 0 Å². The van der Waals surface area contributed by atoms with Crippen LogP contribution in [0, 0.1) is 0 Å². The minimum atomic E-state index is -0.295. The molecule has 2 aromatic rings. The molecule has 2 atom stereocenters. The third-order valence-electron chi connectivity index (χ3n) is 6.32. The molecule has 30 heavy (non-hydrogen) atoms. The van der Waals surface area contributed by atoms with Crippen LogP contribution in [0.4, 0.5) is 10.6 Å². The molecule has 2 fully saturated rings. The lowest BCUT2D eigenvalue weighted by Gasteiger charge is -2.25. The number of halogens is 1. The van der Waals surface area contributed by atoms with Crippen molar-refractivity contribution in [2.24, 2.45) is 0 Å². The number of carbonyl (C=O) groups excluding carboxylic acids is 2. The standard InChI is InChI=1S/C22H23ClN4O3/c1-22(16-2-4-17(23)5-3-16)11-14-10-15(12-24-19(14)25-22)20(28)26-7-6-18(13-26)27-8-9-30-21(27)29/h2-5,10,12,18H,6-9,11,13H2,1H3,(H,24,25)/t18-,22+/m0/s1. The van der Waals surface area contributed by atoms with Gasteiger partial charge >= 0.3 is 6.09 Å². The van der Waals surface area contributed by atoms with Crippen LogP contribution in [0.3, 0.4) is 0 Å². The number of nitrogens with zero attached hydrogens (tertiary/aromatic N) is 3. The number of hydrogen-bond donors (Lipinski definition) is 1. The second kappa shape index (κ2) is 7.16. The summed E-state index contributed by atoms with van der Waals surface area (Å²) in [5, 5.41) is 4.20. The number of ether oxygens (including phenoxy) is 1. The van der Waals surface area contributed by atoms with Crippen LogP contribution in [-0.2, 0) is 16.7 Å². The summed E-state index contributed by atoms with van der Waals surface area (Å²) >= 11 is 6.03. The van der Waals surface area contributed by atoms with E-state index in [9.17, 15) is 9.59 Å². The quantitative estimate of drug-likeness (QED) is 0.815. The molecule has 0 saturated carbocycles. The Morgan fingerprint density at radius 3 is 2.83 bits per heavy atom. The molecular formula is C22H23ClN4O3. The fourth-order valence-corrected chi connectivity index (χ4v) is 4.78. The molecule has 1 N–H and O–H groups in total. The minimum absolute atomic E-state index is 0.0289. The van der Waals surface area contributed by atoms with Crippen LogP contribution in [0.2, 0.25) is 5.02 Å². The monoisotopic (exact) mass is 426 g/mol. The summed E-state index contributed by atoms with van der Waals surface area (Å²) < 4.78 is 5.03. The molecule has 0 bridgehead atoms. The smallest absolute Gasteiger partial charge is 0.410 e. The van der Waals surface area contributed by atoms with E-state index in [0.29, 0.717) is 36.8 Å².